The average Bonchev–Trinajstić information content (AvgIpc) is 3.18. The molecule has 0 bridgehead atoms. The first-order chi connectivity index (χ1) is 13.7. The number of anilines is 1. The van der Waals surface area contributed by atoms with Crippen LogP contribution in [-0.4, -0.2) is 38.7 Å². The Morgan fingerprint density at radius 1 is 1.07 bits per heavy atom. The molecule has 0 radical (unpaired) electrons. The van der Waals surface area contributed by atoms with E-state index in [9.17, 15) is 4.79 Å². The van der Waals surface area contributed by atoms with Crippen LogP contribution in [-0.2, 0) is 6.54 Å². The van der Waals surface area contributed by atoms with E-state index in [1.54, 1.807) is 24.4 Å². The van der Waals surface area contributed by atoms with Gasteiger partial charge in [0.05, 0.1) is 22.8 Å². The summed E-state index contributed by atoms with van der Waals surface area (Å²) in [5.41, 5.74) is 1.74. The molecule has 1 aromatic carbocycles. The molecule has 1 saturated heterocycles. The Labute approximate surface area is 169 Å². The molecule has 0 unspecified atom stereocenters. The van der Waals surface area contributed by atoms with Crippen LogP contribution in [0.2, 0.25) is 5.02 Å². The summed E-state index contributed by atoms with van der Waals surface area (Å²) >= 11 is 6.14. The first-order valence-electron chi connectivity index (χ1n) is 9.41. The van der Waals surface area contributed by atoms with Crippen molar-refractivity contribution in [2.75, 3.05) is 18.4 Å². The molecule has 1 aliphatic rings. The maximum Gasteiger partial charge on any atom is 0.258 e. The number of carbonyl (C=O) groups is 1. The first kappa shape index (κ1) is 18.7. The van der Waals surface area contributed by atoms with E-state index in [2.05, 4.69) is 32.4 Å². The fourth-order valence-corrected chi connectivity index (χ4v) is 3.82. The molecule has 2 aromatic heterocycles. The molecule has 1 amide bonds. The fourth-order valence-electron chi connectivity index (χ4n) is 3.60. The van der Waals surface area contributed by atoms with Crippen LogP contribution in [0.1, 0.15) is 34.8 Å². The standard InChI is InChI=1S/C21H22ClN5O/c22-19-4-2-1-3-18(19)21(28)25-20-7-12-24-27(20)17-8-13-26(14-9-17)15-16-5-10-23-11-6-16/h1-7,10-12,17H,8-9,13-15H2,(H,25,28). The zero-order chi connectivity index (χ0) is 19.3. The highest BCUT2D eigenvalue weighted by molar-refractivity contribution is 6.34. The quantitative estimate of drug-likeness (QED) is 0.708. The third-order valence-corrected chi connectivity index (χ3v) is 5.42. The summed E-state index contributed by atoms with van der Waals surface area (Å²) in [5.74, 6) is 0.486. The zero-order valence-corrected chi connectivity index (χ0v) is 16.2. The summed E-state index contributed by atoms with van der Waals surface area (Å²) in [6.45, 7) is 2.92. The van der Waals surface area contributed by atoms with E-state index >= 15 is 0 Å². The number of rotatable bonds is 5. The smallest absolute Gasteiger partial charge is 0.258 e. The summed E-state index contributed by atoms with van der Waals surface area (Å²) in [5, 5.41) is 7.85. The minimum atomic E-state index is -0.220. The number of carbonyl (C=O) groups excluding carboxylic acids is 1. The summed E-state index contributed by atoms with van der Waals surface area (Å²) in [6.07, 6.45) is 7.37. The van der Waals surface area contributed by atoms with Gasteiger partial charge >= 0.3 is 0 Å². The van der Waals surface area contributed by atoms with Gasteiger partial charge in [-0.05, 0) is 42.7 Å². The number of nitrogens with one attached hydrogen (secondary N) is 1. The number of nitrogens with zero attached hydrogens (tertiary/aromatic N) is 4. The third-order valence-electron chi connectivity index (χ3n) is 5.09. The minimum Gasteiger partial charge on any atom is -0.307 e. The molecule has 0 saturated carbocycles. The molecule has 144 valence electrons. The highest BCUT2D eigenvalue weighted by Crippen LogP contribution is 2.27. The molecular formula is C21H22ClN5O. The SMILES string of the molecule is O=C(Nc1ccnn1C1CCN(Cc2ccncc2)CC1)c1ccccc1Cl. The molecule has 7 heteroatoms. The van der Waals surface area contributed by atoms with E-state index in [1.807, 2.05) is 29.2 Å². The lowest BCUT2D eigenvalue weighted by molar-refractivity contribution is 0.102. The summed E-state index contributed by atoms with van der Waals surface area (Å²) in [4.78, 5) is 19.1. The van der Waals surface area contributed by atoms with Crippen molar-refractivity contribution in [3.8, 4) is 0 Å². The second-order valence-electron chi connectivity index (χ2n) is 6.96. The van der Waals surface area contributed by atoms with Gasteiger partial charge in [-0.15, -0.1) is 0 Å². The number of piperidine rings is 1. The van der Waals surface area contributed by atoms with Crippen molar-refractivity contribution in [3.63, 3.8) is 0 Å². The Kier molecular flexibility index (Phi) is 5.69. The molecule has 1 fully saturated rings. The van der Waals surface area contributed by atoms with Crippen molar-refractivity contribution in [2.45, 2.75) is 25.4 Å². The van der Waals surface area contributed by atoms with E-state index in [0.29, 0.717) is 16.4 Å². The largest absolute Gasteiger partial charge is 0.307 e. The van der Waals surface area contributed by atoms with Crippen LogP contribution in [0, 0.1) is 0 Å². The van der Waals surface area contributed by atoms with E-state index in [-0.39, 0.29) is 11.9 Å². The van der Waals surface area contributed by atoms with Crippen LogP contribution >= 0.6 is 11.6 Å². The normalized spacial score (nSPS) is 15.5. The molecule has 1 aliphatic heterocycles. The number of aromatic nitrogens is 3. The molecule has 3 heterocycles. The van der Waals surface area contributed by atoms with Crippen LogP contribution in [0.5, 0.6) is 0 Å². The Morgan fingerprint density at radius 2 is 1.82 bits per heavy atom. The first-order valence-corrected chi connectivity index (χ1v) is 9.79. The third kappa shape index (κ3) is 4.24. The van der Waals surface area contributed by atoms with Crippen molar-refractivity contribution in [2.24, 2.45) is 0 Å². The molecule has 3 aromatic rings. The summed E-state index contributed by atoms with van der Waals surface area (Å²) < 4.78 is 1.93. The van der Waals surface area contributed by atoms with Crippen LogP contribution in [0.4, 0.5) is 5.82 Å². The maximum absolute atomic E-state index is 12.6. The van der Waals surface area contributed by atoms with Gasteiger partial charge in [0.15, 0.2) is 0 Å². The molecule has 0 spiro atoms. The van der Waals surface area contributed by atoms with Gasteiger partial charge in [0.1, 0.15) is 5.82 Å². The van der Waals surface area contributed by atoms with Gasteiger partial charge in [-0.2, -0.15) is 5.10 Å². The Bertz CT molecular complexity index is 935. The molecule has 4 rings (SSSR count). The molecule has 0 aliphatic carbocycles. The van der Waals surface area contributed by atoms with E-state index in [0.717, 1.165) is 32.5 Å². The molecule has 0 atom stereocenters. The van der Waals surface area contributed by atoms with E-state index in [4.69, 9.17) is 11.6 Å². The van der Waals surface area contributed by atoms with Gasteiger partial charge in [-0.1, -0.05) is 23.7 Å². The molecule has 6 nitrogen and oxygen atoms in total. The minimum absolute atomic E-state index is 0.220. The number of pyridine rings is 1. The maximum atomic E-state index is 12.6. The number of likely N-dealkylation sites (tertiary alicyclic amines) is 1. The van der Waals surface area contributed by atoms with Gasteiger partial charge < -0.3 is 5.32 Å². The average molecular weight is 396 g/mol. The van der Waals surface area contributed by atoms with Crippen LogP contribution in [0.25, 0.3) is 0 Å². The lowest BCUT2D eigenvalue weighted by Gasteiger charge is -2.32. The lowest BCUT2D eigenvalue weighted by Crippen LogP contribution is -2.35. The summed E-state index contributed by atoms with van der Waals surface area (Å²) in [7, 11) is 0. The van der Waals surface area contributed by atoms with Gasteiger partial charge in [0.2, 0.25) is 0 Å². The topological polar surface area (TPSA) is 63.1 Å². The second kappa shape index (κ2) is 8.54. The number of benzene rings is 1. The monoisotopic (exact) mass is 395 g/mol. The van der Waals surface area contributed by atoms with Crippen molar-refractivity contribution in [1.82, 2.24) is 19.7 Å². The number of amides is 1. The van der Waals surface area contributed by atoms with Crippen molar-refractivity contribution in [3.05, 3.63) is 77.2 Å². The van der Waals surface area contributed by atoms with Crippen LogP contribution in [0.3, 0.4) is 0 Å². The highest BCUT2D eigenvalue weighted by atomic mass is 35.5. The number of halogens is 1. The predicted octanol–water partition coefficient (Wildman–Crippen LogP) is 4.02. The Hall–Kier alpha value is -2.70. The number of hydrogen-bond donors (Lipinski definition) is 1. The van der Waals surface area contributed by atoms with Gasteiger partial charge in [0, 0.05) is 38.1 Å². The predicted molar refractivity (Wildman–Crippen MR) is 109 cm³/mol. The van der Waals surface area contributed by atoms with Crippen molar-refractivity contribution < 1.29 is 4.79 Å². The van der Waals surface area contributed by atoms with Gasteiger partial charge in [-0.3, -0.25) is 14.7 Å². The highest BCUT2D eigenvalue weighted by Gasteiger charge is 2.23. The Morgan fingerprint density at radius 3 is 2.57 bits per heavy atom. The molecule has 1 N–H and O–H groups in total. The number of hydrogen-bond acceptors (Lipinski definition) is 4. The van der Waals surface area contributed by atoms with Crippen molar-refractivity contribution in [1.29, 1.82) is 0 Å². The Balaban J connectivity index is 1.38. The zero-order valence-electron chi connectivity index (χ0n) is 15.5. The molecular weight excluding hydrogens is 374 g/mol. The van der Waals surface area contributed by atoms with Crippen LogP contribution < -0.4 is 5.32 Å². The van der Waals surface area contributed by atoms with E-state index < -0.39 is 0 Å². The van der Waals surface area contributed by atoms with Crippen molar-refractivity contribution >= 4 is 23.3 Å². The fraction of sp³-hybridized carbons (Fsp3) is 0.286. The van der Waals surface area contributed by atoms with E-state index in [1.165, 1.54) is 5.56 Å². The summed E-state index contributed by atoms with van der Waals surface area (Å²) in [6, 6.07) is 13.3. The van der Waals surface area contributed by atoms with Gasteiger partial charge in [-0.25, -0.2) is 4.68 Å². The molecule has 28 heavy (non-hydrogen) atoms. The van der Waals surface area contributed by atoms with Gasteiger partial charge in [0.25, 0.3) is 5.91 Å². The second-order valence-corrected chi connectivity index (χ2v) is 7.36. The lowest BCUT2D eigenvalue weighted by atomic mass is 10.0. The van der Waals surface area contributed by atoms with Crippen LogP contribution in [0.15, 0.2) is 61.1 Å².